The van der Waals surface area contributed by atoms with Gasteiger partial charge in [0.1, 0.15) is 0 Å². The normalized spacial score (nSPS) is 34.6. The zero-order valence-electron chi connectivity index (χ0n) is 9.34. The molecule has 1 spiro atoms. The summed E-state index contributed by atoms with van der Waals surface area (Å²) in [6.07, 6.45) is 8.18. The maximum atomic E-state index is 4.54. The predicted molar refractivity (Wildman–Crippen MR) is 59.6 cm³/mol. The zero-order valence-corrected chi connectivity index (χ0v) is 9.34. The summed E-state index contributed by atoms with van der Waals surface area (Å²) >= 11 is 0. The van der Waals surface area contributed by atoms with Crippen LogP contribution in [0.25, 0.3) is 0 Å². The van der Waals surface area contributed by atoms with Gasteiger partial charge in [0.05, 0.1) is 17.6 Å². The van der Waals surface area contributed by atoms with Crippen LogP contribution in [0.4, 0.5) is 0 Å². The first-order valence-electron chi connectivity index (χ1n) is 6.12. The fourth-order valence-corrected chi connectivity index (χ4v) is 3.31. The van der Waals surface area contributed by atoms with Crippen molar-refractivity contribution < 1.29 is 0 Å². The van der Waals surface area contributed by atoms with Crippen LogP contribution in [0.3, 0.4) is 0 Å². The molecular formula is C12H19N3. The topological polar surface area (TPSA) is 40.7 Å². The highest BCUT2D eigenvalue weighted by atomic mass is 15.1. The van der Waals surface area contributed by atoms with Crippen LogP contribution in [0.15, 0.2) is 6.33 Å². The van der Waals surface area contributed by atoms with Gasteiger partial charge in [-0.05, 0) is 25.2 Å². The Labute approximate surface area is 90.7 Å². The Kier molecular flexibility index (Phi) is 2.09. The number of hydrogen-bond acceptors (Lipinski definition) is 2. The maximum absolute atomic E-state index is 4.54. The molecule has 1 aromatic rings. The van der Waals surface area contributed by atoms with E-state index in [1.165, 1.54) is 37.1 Å². The fourth-order valence-electron chi connectivity index (χ4n) is 3.31. The number of H-pyrrole nitrogens is 1. The van der Waals surface area contributed by atoms with Gasteiger partial charge in [0.25, 0.3) is 0 Å². The van der Waals surface area contributed by atoms with Gasteiger partial charge in [0.15, 0.2) is 0 Å². The Morgan fingerprint density at radius 2 is 2.53 bits per heavy atom. The smallest absolute Gasteiger partial charge is 0.0926 e. The molecule has 15 heavy (non-hydrogen) atoms. The average molecular weight is 205 g/mol. The molecule has 0 bridgehead atoms. The predicted octanol–water partition coefficient (Wildman–Crippen LogP) is 1.96. The zero-order chi connectivity index (χ0) is 10.3. The third-order valence-electron chi connectivity index (χ3n) is 4.20. The van der Waals surface area contributed by atoms with Crippen LogP contribution >= 0.6 is 0 Å². The van der Waals surface area contributed by atoms with Gasteiger partial charge in [-0.2, -0.15) is 0 Å². The minimum absolute atomic E-state index is 0.217. The lowest BCUT2D eigenvalue weighted by Gasteiger charge is -2.34. The average Bonchev–Trinajstić information content (AvgIpc) is 2.86. The molecule has 3 nitrogen and oxygen atoms in total. The molecule has 2 heterocycles. The Hall–Kier alpha value is -0.830. The second-order valence-corrected chi connectivity index (χ2v) is 5.01. The van der Waals surface area contributed by atoms with Crippen LogP contribution in [0.1, 0.15) is 44.0 Å². The van der Waals surface area contributed by atoms with E-state index < -0.39 is 0 Å². The van der Waals surface area contributed by atoms with Crippen LogP contribution in [0, 0.1) is 5.92 Å². The molecule has 0 radical (unpaired) electrons. The van der Waals surface area contributed by atoms with Crippen molar-refractivity contribution in [3.05, 3.63) is 17.7 Å². The summed E-state index contributed by atoms with van der Waals surface area (Å²) in [7, 11) is 0. The number of nitrogens with one attached hydrogen (secondary N) is 2. The summed E-state index contributed by atoms with van der Waals surface area (Å²) in [5.41, 5.74) is 2.89. The molecule has 2 atom stereocenters. The van der Waals surface area contributed by atoms with Gasteiger partial charge in [-0.15, -0.1) is 0 Å². The fraction of sp³-hybridized carbons (Fsp3) is 0.750. The molecule has 1 aromatic heterocycles. The summed E-state index contributed by atoms with van der Waals surface area (Å²) < 4.78 is 0. The van der Waals surface area contributed by atoms with Crippen LogP contribution in [0.5, 0.6) is 0 Å². The van der Waals surface area contributed by atoms with Crippen molar-refractivity contribution in [3.63, 3.8) is 0 Å². The van der Waals surface area contributed by atoms with Crippen molar-refractivity contribution in [2.24, 2.45) is 5.92 Å². The first kappa shape index (κ1) is 9.40. The summed E-state index contributed by atoms with van der Waals surface area (Å²) in [4.78, 5) is 7.83. The van der Waals surface area contributed by atoms with E-state index in [2.05, 4.69) is 22.2 Å². The summed E-state index contributed by atoms with van der Waals surface area (Å²) in [6, 6.07) is 0. The van der Waals surface area contributed by atoms with E-state index in [1.807, 2.05) is 6.33 Å². The molecule has 2 aliphatic rings. The van der Waals surface area contributed by atoms with E-state index in [9.17, 15) is 0 Å². The lowest BCUT2D eigenvalue weighted by atomic mass is 9.86. The van der Waals surface area contributed by atoms with E-state index in [0.29, 0.717) is 0 Å². The molecule has 1 saturated carbocycles. The van der Waals surface area contributed by atoms with Gasteiger partial charge in [-0.25, -0.2) is 4.98 Å². The lowest BCUT2D eigenvalue weighted by Crippen LogP contribution is -2.45. The third kappa shape index (κ3) is 1.33. The lowest BCUT2D eigenvalue weighted by molar-refractivity contribution is 0.301. The molecule has 0 aromatic carbocycles. The van der Waals surface area contributed by atoms with Crippen LogP contribution in [0.2, 0.25) is 0 Å². The summed E-state index contributed by atoms with van der Waals surface area (Å²) in [5.74, 6) is 0.889. The number of fused-ring (bicyclic) bond motifs is 2. The summed E-state index contributed by atoms with van der Waals surface area (Å²) in [5, 5.41) is 3.72. The first-order chi connectivity index (χ1) is 7.34. The van der Waals surface area contributed by atoms with Gasteiger partial charge >= 0.3 is 0 Å². The molecule has 2 N–H and O–H groups in total. The number of nitrogens with zero attached hydrogens (tertiary/aromatic N) is 1. The highest BCUT2D eigenvalue weighted by Crippen LogP contribution is 2.44. The highest BCUT2D eigenvalue weighted by molar-refractivity contribution is 5.26. The molecule has 1 fully saturated rings. The van der Waals surface area contributed by atoms with Crippen molar-refractivity contribution in [1.29, 1.82) is 0 Å². The third-order valence-corrected chi connectivity index (χ3v) is 4.20. The monoisotopic (exact) mass is 205 g/mol. The van der Waals surface area contributed by atoms with Gasteiger partial charge in [-0.3, -0.25) is 0 Å². The molecule has 1 aliphatic carbocycles. The Bertz CT molecular complexity index is 358. The van der Waals surface area contributed by atoms with E-state index in [-0.39, 0.29) is 5.54 Å². The Balaban J connectivity index is 1.95. The van der Waals surface area contributed by atoms with Crippen molar-refractivity contribution in [3.8, 4) is 0 Å². The van der Waals surface area contributed by atoms with E-state index in [4.69, 9.17) is 0 Å². The second-order valence-electron chi connectivity index (χ2n) is 5.01. The standard InChI is InChI=1S/C12H19N3/c1-2-9-3-5-12(7-9)11-10(4-6-15-12)13-8-14-11/h8-9,15H,2-7H2,1H3,(H,13,14). The molecule has 3 heteroatoms. The molecule has 2 unspecified atom stereocenters. The van der Waals surface area contributed by atoms with E-state index >= 15 is 0 Å². The van der Waals surface area contributed by atoms with Crippen LogP contribution in [-0.2, 0) is 12.0 Å². The van der Waals surface area contributed by atoms with Crippen molar-refractivity contribution in [2.75, 3.05) is 6.54 Å². The number of aromatic amines is 1. The van der Waals surface area contributed by atoms with Gasteiger partial charge in [-0.1, -0.05) is 13.3 Å². The maximum Gasteiger partial charge on any atom is 0.0926 e. The number of hydrogen-bond donors (Lipinski definition) is 2. The van der Waals surface area contributed by atoms with Gasteiger partial charge < -0.3 is 10.3 Å². The Morgan fingerprint density at radius 3 is 3.33 bits per heavy atom. The van der Waals surface area contributed by atoms with Crippen molar-refractivity contribution in [1.82, 2.24) is 15.3 Å². The molecule has 0 amide bonds. The Morgan fingerprint density at radius 1 is 1.60 bits per heavy atom. The second kappa shape index (κ2) is 3.34. The van der Waals surface area contributed by atoms with Crippen molar-refractivity contribution >= 4 is 0 Å². The molecular weight excluding hydrogens is 186 g/mol. The number of imidazole rings is 1. The highest BCUT2D eigenvalue weighted by Gasteiger charge is 2.44. The van der Waals surface area contributed by atoms with Crippen LogP contribution in [-0.4, -0.2) is 16.5 Å². The summed E-state index contributed by atoms with van der Waals surface area (Å²) in [6.45, 7) is 3.41. The minimum Gasteiger partial charge on any atom is -0.348 e. The molecule has 1 aliphatic heterocycles. The van der Waals surface area contributed by atoms with Gasteiger partial charge in [0.2, 0.25) is 0 Å². The quantitative estimate of drug-likeness (QED) is 0.736. The van der Waals surface area contributed by atoms with Crippen LogP contribution < -0.4 is 5.32 Å². The molecule has 3 rings (SSSR count). The molecule has 0 saturated heterocycles. The van der Waals surface area contributed by atoms with Gasteiger partial charge in [0, 0.05) is 18.7 Å². The first-order valence-corrected chi connectivity index (χ1v) is 6.12. The largest absolute Gasteiger partial charge is 0.348 e. The molecule has 82 valence electrons. The SMILES string of the molecule is CCC1CCC2(C1)NCCc1[nH]cnc12. The van der Waals surface area contributed by atoms with Crippen molar-refractivity contribution in [2.45, 2.75) is 44.6 Å². The number of rotatable bonds is 1. The van der Waals surface area contributed by atoms with E-state index in [1.54, 1.807) is 0 Å². The number of aromatic nitrogens is 2. The van der Waals surface area contributed by atoms with E-state index in [0.717, 1.165) is 18.9 Å². The minimum atomic E-state index is 0.217.